The lowest BCUT2D eigenvalue weighted by atomic mass is 10.4. The van der Waals surface area contributed by atoms with Crippen LogP contribution in [0.1, 0.15) is 0 Å². The van der Waals surface area contributed by atoms with Gasteiger partial charge in [-0.3, -0.25) is 0 Å². The molecular formula is C9H4ClIN4S. The van der Waals surface area contributed by atoms with Crippen molar-refractivity contribution in [1.29, 1.82) is 0 Å². The number of thiophene rings is 1. The van der Waals surface area contributed by atoms with E-state index in [0.717, 1.165) is 19.6 Å². The average Bonchev–Trinajstić information content (AvgIpc) is 2.84. The van der Waals surface area contributed by atoms with Gasteiger partial charge in [-0.1, -0.05) is 0 Å². The molecule has 7 heteroatoms. The van der Waals surface area contributed by atoms with Crippen LogP contribution >= 0.6 is 45.5 Å². The van der Waals surface area contributed by atoms with Crippen LogP contribution in [0.3, 0.4) is 0 Å². The summed E-state index contributed by atoms with van der Waals surface area (Å²) in [5.74, 6) is 0.721. The van der Waals surface area contributed by atoms with Gasteiger partial charge in [-0.2, -0.15) is 10.1 Å². The number of halogens is 2. The first-order chi connectivity index (χ1) is 7.74. The van der Waals surface area contributed by atoms with Crippen molar-refractivity contribution in [2.45, 2.75) is 0 Å². The fourth-order valence-corrected chi connectivity index (χ4v) is 2.77. The Bertz CT molecular complexity index is 662. The Morgan fingerprint density at radius 1 is 1.38 bits per heavy atom. The van der Waals surface area contributed by atoms with Crippen molar-refractivity contribution in [3.63, 3.8) is 0 Å². The molecule has 0 atom stereocenters. The highest BCUT2D eigenvalue weighted by Crippen LogP contribution is 2.25. The van der Waals surface area contributed by atoms with E-state index in [0.29, 0.717) is 0 Å². The normalized spacial score (nSPS) is 11.1. The van der Waals surface area contributed by atoms with Gasteiger partial charge in [0.25, 0.3) is 0 Å². The van der Waals surface area contributed by atoms with Crippen LogP contribution in [-0.2, 0) is 0 Å². The van der Waals surface area contributed by atoms with Crippen molar-refractivity contribution in [3.8, 4) is 5.82 Å². The molecule has 0 radical (unpaired) electrons. The summed E-state index contributed by atoms with van der Waals surface area (Å²) >= 11 is 9.62. The zero-order valence-electron chi connectivity index (χ0n) is 7.76. The van der Waals surface area contributed by atoms with Crippen molar-refractivity contribution in [1.82, 2.24) is 19.7 Å². The second-order valence-electron chi connectivity index (χ2n) is 3.06. The molecule has 3 rings (SSSR count). The molecule has 0 unspecified atom stereocenters. The van der Waals surface area contributed by atoms with Gasteiger partial charge in [-0.05, 0) is 45.6 Å². The highest BCUT2D eigenvalue weighted by molar-refractivity contribution is 14.1. The first kappa shape index (κ1) is 10.4. The van der Waals surface area contributed by atoms with Crippen molar-refractivity contribution < 1.29 is 0 Å². The summed E-state index contributed by atoms with van der Waals surface area (Å²) in [7, 11) is 0. The predicted octanol–water partition coefficient (Wildman–Crippen LogP) is 3.14. The maximum atomic E-state index is 5.88. The summed E-state index contributed by atoms with van der Waals surface area (Å²) < 4.78 is 2.76. The van der Waals surface area contributed by atoms with Crippen LogP contribution in [0.15, 0.2) is 23.8 Å². The van der Waals surface area contributed by atoms with Crippen LogP contribution < -0.4 is 0 Å². The average molecular weight is 363 g/mol. The van der Waals surface area contributed by atoms with Gasteiger partial charge in [-0.25, -0.2) is 9.67 Å². The Kier molecular flexibility index (Phi) is 2.56. The lowest BCUT2D eigenvalue weighted by Crippen LogP contribution is -1.99. The van der Waals surface area contributed by atoms with Gasteiger partial charge in [0.05, 0.1) is 15.2 Å². The van der Waals surface area contributed by atoms with Crippen LogP contribution in [-0.4, -0.2) is 19.7 Å². The maximum Gasteiger partial charge on any atom is 0.225 e. The number of aromatic nitrogens is 4. The zero-order valence-corrected chi connectivity index (χ0v) is 11.5. The van der Waals surface area contributed by atoms with Gasteiger partial charge in [0, 0.05) is 6.20 Å². The highest BCUT2D eigenvalue weighted by Gasteiger charge is 2.10. The van der Waals surface area contributed by atoms with E-state index in [1.807, 2.05) is 17.6 Å². The van der Waals surface area contributed by atoms with Gasteiger partial charge in [0.15, 0.2) is 5.82 Å². The number of fused-ring (bicyclic) bond motifs is 1. The van der Waals surface area contributed by atoms with Crippen LogP contribution in [0.4, 0.5) is 0 Å². The van der Waals surface area contributed by atoms with E-state index in [1.165, 1.54) is 11.3 Å². The third kappa shape index (κ3) is 1.70. The summed E-state index contributed by atoms with van der Waals surface area (Å²) in [6, 6.07) is 1.97. The standard InChI is InChI=1S/C9H4ClIN4S/c10-9-13-7(15-4-5(11)3-12-15)6-1-2-16-8(6)14-9/h1-4H. The fraction of sp³-hybridized carbons (Fsp3) is 0. The summed E-state index contributed by atoms with van der Waals surface area (Å²) in [5.41, 5.74) is 0. The second-order valence-corrected chi connectivity index (χ2v) is 5.54. The molecule has 0 saturated carbocycles. The SMILES string of the molecule is Clc1nc(-n2cc(I)cn2)c2ccsc2n1. The summed E-state index contributed by atoms with van der Waals surface area (Å²) in [5, 5.41) is 7.40. The molecule has 0 amide bonds. The van der Waals surface area contributed by atoms with Crippen molar-refractivity contribution >= 4 is 55.7 Å². The predicted molar refractivity (Wildman–Crippen MR) is 72.3 cm³/mol. The molecule has 0 bridgehead atoms. The lowest BCUT2D eigenvalue weighted by Gasteiger charge is -2.01. The number of nitrogens with zero attached hydrogens (tertiary/aromatic N) is 4. The molecule has 80 valence electrons. The van der Waals surface area contributed by atoms with Gasteiger partial charge in [0.2, 0.25) is 5.28 Å². The third-order valence-electron chi connectivity index (χ3n) is 2.05. The minimum atomic E-state index is 0.246. The molecule has 16 heavy (non-hydrogen) atoms. The molecule has 3 aromatic heterocycles. The Morgan fingerprint density at radius 3 is 3.00 bits per heavy atom. The Hall–Kier alpha value is -0.730. The highest BCUT2D eigenvalue weighted by atomic mass is 127. The minimum absolute atomic E-state index is 0.246. The molecule has 0 fully saturated rings. The quantitative estimate of drug-likeness (QED) is 0.493. The van der Waals surface area contributed by atoms with Crippen LogP contribution in [0.25, 0.3) is 16.0 Å². The first-order valence-electron chi connectivity index (χ1n) is 4.35. The molecule has 4 nitrogen and oxygen atoms in total. The topological polar surface area (TPSA) is 43.6 Å². The lowest BCUT2D eigenvalue weighted by molar-refractivity contribution is 0.851. The third-order valence-corrected chi connectivity index (χ3v) is 3.58. The van der Waals surface area contributed by atoms with E-state index in [2.05, 4.69) is 37.7 Å². The van der Waals surface area contributed by atoms with E-state index < -0.39 is 0 Å². The summed E-state index contributed by atoms with van der Waals surface area (Å²) in [4.78, 5) is 9.25. The van der Waals surface area contributed by atoms with Gasteiger partial charge in [0.1, 0.15) is 4.83 Å². The van der Waals surface area contributed by atoms with Crippen LogP contribution in [0.2, 0.25) is 5.28 Å². The molecule has 0 aliphatic rings. The molecule has 0 aliphatic heterocycles. The van der Waals surface area contributed by atoms with E-state index in [9.17, 15) is 0 Å². The van der Waals surface area contributed by atoms with Crippen LogP contribution in [0, 0.1) is 3.57 Å². The maximum absolute atomic E-state index is 5.88. The van der Waals surface area contributed by atoms with Crippen molar-refractivity contribution in [2.75, 3.05) is 0 Å². The van der Waals surface area contributed by atoms with Gasteiger partial charge < -0.3 is 0 Å². The van der Waals surface area contributed by atoms with Crippen molar-refractivity contribution in [3.05, 3.63) is 32.7 Å². The van der Waals surface area contributed by atoms with Crippen LogP contribution in [0.5, 0.6) is 0 Å². The van der Waals surface area contributed by atoms with E-state index in [4.69, 9.17) is 11.6 Å². The number of hydrogen-bond acceptors (Lipinski definition) is 4. The molecule has 0 aliphatic carbocycles. The van der Waals surface area contributed by atoms with Gasteiger partial charge >= 0.3 is 0 Å². The molecular weight excluding hydrogens is 359 g/mol. The molecule has 3 heterocycles. The summed E-state index contributed by atoms with van der Waals surface area (Å²) in [6.45, 7) is 0. The second kappa shape index (κ2) is 3.94. The monoisotopic (exact) mass is 362 g/mol. The van der Waals surface area contributed by atoms with E-state index in [-0.39, 0.29) is 5.28 Å². The Labute approximate surface area is 113 Å². The van der Waals surface area contributed by atoms with E-state index >= 15 is 0 Å². The zero-order chi connectivity index (χ0) is 11.1. The number of hydrogen-bond donors (Lipinski definition) is 0. The fourth-order valence-electron chi connectivity index (χ4n) is 1.41. The Balaban J connectivity index is 2.33. The molecule has 0 saturated heterocycles. The Morgan fingerprint density at radius 2 is 2.25 bits per heavy atom. The molecule has 3 aromatic rings. The van der Waals surface area contributed by atoms with Crippen molar-refractivity contribution in [2.24, 2.45) is 0 Å². The van der Waals surface area contributed by atoms with E-state index in [1.54, 1.807) is 10.9 Å². The number of rotatable bonds is 1. The largest absolute Gasteiger partial charge is 0.225 e. The molecule has 0 N–H and O–H groups in total. The first-order valence-corrected chi connectivity index (χ1v) is 6.69. The minimum Gasteiger partial charge on any atom is -0.221 e. The smallest absolute Gasteiger partial charge is 0.221 e. The molecule has 0 aromatic carbocycles. The molecule has 0 spiro atoms. The summed E-state index contributed by atoms with van der Waals surface area (Å²) in [6.07, 6.45) is 3.67. The van der Waals surface area contributed by atoms with Gasteiger partial charge in [-0.15, -0.1) is 11.3 Å².